The van der Waals surface area contributed by atoms with Crippen molar-refractivity contribution in [1.82, 2.24) is 14.9 Å². The van der Waals surface area contributed by atoms with Crippen molar-refractivity contribution in [2.45, 2.75) is 19.8 Å². The SMILES string of the molecule is CC#CCn1c(Cl)nc2c1C(=O)NC(O)N2C. The lowest BCUT2D eigenvalue weighted by molar-refractivity contribution is 0.0746. The normalized spacial score (nSPS) is 18.2. The van der Waals surface area contributed by atoms with Crippen LogP contribution in [0.15, 0.2) is 0 Å². The zero-order chi connectivity index (χ0) is 12.6. The minimum atomic E-state index is -1.09. The number of aliphatic hydroxyl groups is 1. The third-order valence-corrected chi connectivity index (χ3v) is 2.78. The van der Waals surface area contributed by atoms with Crippen LogP contribution in [-0.2, 0) is 6.54 Å². The topological polar surface area (TPSA) is 70.4 Å². The largest absolute Gasteiger partial charge is 0.356 e. The van der Waals surface area contributed by atoms with Crippen molar-refractivity contribution in [2.24, 2.45) is 0 Å². The van der Waals surface area contributed by atoms with Gasteiger partial charge in [-0.05, 0) is 18.5 Å². The van der Waals surface area contributed by atoms with E-state index in [1.807, 2.05) is 0 Å². The van der Waals surface area contributed by atoms with Gasteiger partial charge < -0.3 is 15.3 Å². The molecule has 1 aromatic rings. The molecule has 2 N–H and O–H groups in total. The number of fused-ring (bicyclic) bond motifs is 1. The van der Waals surface area contributed by atoms with Crippen LogP contribution in [0.3, 0.4) is 0 Å². The molecule has 0 spiro atoms. The van der Waals surface area contributed by atoms with E-state index in [0.29, 0.717) is 11.5 Å². The zero-order valence-corrected chi connectivity index (χ0v) is 10.1. The van der Waals surface area contributed by atoms with E-state index >= 15 is 0 Å². The first-order valence-electron chi connectivity index (χ1n) is 4.93. The van der Waals surface area contributed by atoms with Gasteiger partial charge in [0.1, 0.15) is 0 Å². The second-order valence-electron chi connectivity index (χ2n) is 3.52. The van der Waals surface area contributed by atoms with E-state index in [0.717, 1.165) is 0 Å². The number of aliphatic hydroxyl groups excluding tert-OH is 1. The monoisotopic (exact) mass is 254 g/mol. The molecule has 1 aromatic heterocycles. The molecule has 1 unspecified atom stereocenters. The van der Waals surface area contributed by atoms with Crippen LogP contribution in [0.1, 0.15) is 17.4 Å². The molecule has 2 heterocycles. The Hall–Kier alpha value is -1.71. The highest BCUT2D eigenvalue weighted by Crippen LogP contribution is 2.27. The maximum atomic E-state index is 11.8. The van der Waals surface area contributed by atoms with Gasteiger partial charge in [0, 0.05) is 7.05 Å². The summed E-state index contributed by atoms with van der Waals surface area (Å²) in [5.74, 6) is 5.48. The van der Waals surface area contributed by atoms with E-state index in [9.17, 15) is 9.90 Å². The molecule has 0 aliphatic carbocycles. The first-order valence-corrected chi connectivity index (χ1v) is 5.31. The van der Waals surface area contributed by atoms with Crippen LogP contribution in [0.5, 0.6) is 0 Å². The van der Waals surface area contributed by atoms with Crippen LogP contribution in [0.2, 0.25) is 5.28 Å². The maximum absolute atomic E-state index is 11.8. The third kappa shape index (κ3) is 1.84. The molecule has 90 valence electrons. The van der Waals surface area contributed by atoms with Gasteiger partial charge in [-0.3, -0.25) is 9.36 Å². The standard InChI is InChI=1S/C10H11ClN4O2/c1-3-4-5-15-6-7(12-9(15)11)14(2)10(17)13-8(6)16/h10,17H,5H2,1-2H3,(H,13,16). The second-order valence-corrected chi connectivity index (χ2v) is 3.86. The third-order valence-electron chi connectivity index (χ3n) is 2.49. The Morgan fingerprint density at radius 1 is 1.65 bits per heavy atom. The lowest BCUT2D eigenvalue weighted by atomic mass is 10.3. The lowest BCUT2D eigenvalue weighted by Crippen LogP contribution is -2.51. The van der Waals surface area contributed by atoms with Crippen molar-refractivity contribution in [3.8, 4) is 11.8 Å². The molecular weight excluding hydrogens is 244 g/mol. The van der Waals surface area contributed by atoms with E-state index in [1.165, 1.54) is 9.47 Å². The van der Waals surface area contributed by atoms with Crippen molar-refractivity contribution in [1.29, 1.82) is 0 Å². The first kappa shape index (κ1) is 11.8. The van der Waals surface area contributed by atoms with Gasteiger partial charge in [0.25, 0.3) is 5.91 Å². The molecule has 1 aliphatic heterocycles. The van der Waals surface area contributed by atoms with Gasteiger partial charge in [0.15, 0.2) is 11.5 Å². The van der Waals surface area contributed by atoms with Gasteiger partial charge in [-0.25, -0.2) is 0 Å². The number of carbonyl (C=O) groups excluding carboxylic acids is 1. The first-order chi connectivity index (χ1) is 8.06. The number of hydrogen-bond donors (Lipinski definition) is 2. The van der Waals surface area contributed by atoms with Gasteiger partial charge in [-0.15, -0.1) is 5.92 Å². The zero-order valence-electron chi connectivity index (χ0n) is 9.36. The molecule has 1 atom stereocenters. The molecular formula is C10H11ClN4O2. The van der Waals surface area contributed by atoms with Gasteiger partial charge in [0.05, 0.1) is 6.54 Å². The van der Waals surface area contributed by atoms with Crippen LogP contribution in [0.25, 0.3) is 0 Å². The van der Waals surface area contributed by atoms with Gasteiger partial charge in [-0.1, -0.05) is 5.92 Å². The quantitative estimate of drug-likeness (QED) is 0.693. The summed E-state index contributed by atoms with van der Waals surface area (Å²) in [5.41, 5.74) is 0.311. The number of halogens is 1. The summed E-state index contributed by atoms with van der Waals surface area (Å²) in [7, 11) is 1.61. The van der Waals surface area contributed by atoms with E-state index in [-0.39, 0.29) is 11.8 Å². The van der Waals surface area contributed by atoms with E-state index in [1.54, 1.807) is 14.0 Å². The van der Waals surface area contributed by atoms with Crippen LogP contribution in [0.4, 0.5) is 5.82 Å². The van der Waals surface area contributed by atoms with Gasteiger partial charge in [-0.2, -0.15) is 4.98 Å². The van der Waals surface area contributed by atoms with Gasteiger partial charge >= 0.3 is 0 Å². The molecule has 1 aliphatic rings. The Bertz CT molecular complexity index is 528. The summed E-state index contributed by atoms with van der Waals surface area (Å²) in [6, 6.07) is 0. The Morgan fingerprint density at radius 3 is 3.00 bits per heavy atom. The lowest BCUT2D eigenvalue weighted by Gasteiger charge is -2.29. The molecule has 0 aromatic carbocycles. The van der Waals surface area contributed by atoms with Crippen LogP contribution >= 0.6 is 11.6 Å². The smallest absolute Gasteiger partial charge is 0.275 e. The number of hydrogen-bond acceptors (Lipinski definition) is 4. The number of anilines is 1. The summed E-state index contributed by atoms with van der Waals surface area (Å²) >= 11 is 5.95. The Balaban J connectivity index is 2.53. The van der Waals surface area contributed by atoms with E-state index < -0.39 is 12.3 Å². The van der Waals surface area contributed by atoms with Crippen molar-refractivity contribution >= 4 is 23.3 Å². The average Bonchev–Trinajstić information content (AvgIpc) is 2.61. The van der Waals surface area contributed by atoms with Crippen LogP contribution in [0, 0.1) is 11.8 Å². The Morgan fingerprint density at radius 2 is 2.35 bits per heavy atom. The fourth-order valence-corrected chi connectivity index (χ4v) is 1.81. The molecule has 0 fully saturated rings. The number of aromatic nitrogens is 2. The molecule has 6 nitrogen and oxygen atoms in total. The van der Waals surface area contributed by atoms with Crippen molar-refractivity contribution in [3.63, 3.8) is 0 Å². The summed E-state index contributed by atoms with van der Waals surface area (Å²) in [4.78, 5) is 17.3. The molecule has 0 radical (unpaired) electrons. The number of carbonyl (C=O) groups is 1. The van der Waals surface area contributed by atoms with Crippen molar-refractivity contribution < 1.29 is 9.90 Å². The minimum Gasteiger partial charge on any atom is -0.356 e. The highest BCUT2D eigenvalue weighted by molar-refractivity contribution is 6.29. The fourth-order valence-electron chi connectivity index (χ4n) is 1.58. The minimum absolute atomic E-state index is 0.175. The second kappa shape index (κ2) is 4.28. The number of amides is 1. The summed E-state index contributed by atoms with van der Waals surface area (Å²) < 4.78 is 1.51. The Labute approximate surface area is 103 Å². The average molecular weight is 255 g/mol. The summed E-state index contributed by atoms with van der Waals surface area (Å²) in [6.07, 6.45) is -1.09. The maximum Gasteiger partial charge on any atom is 0.275 e. The highest BCUT2D eigenvalue weighted by Gasteiger charge is 2.33. The molecule has 0 saturated carbocycles. The van der Waals surface area contributed by atoms with E-state index in [2.05, 4.69) is 22.1 Å². The van der Waals surface area contributed by atoms with Crippen LogP contribution < -0.4 is 10.2 Å². The number of rotatable bonds is 1. The van der Waals surface area contributed by atoms with Gasteiger partial charge in [0.2, 0.25) is 11.6 Å². The predicted octanol–water partition coefficient (Wildman–Crippen LogP) is 0.0153. The summed E-state index contributed by atoms with van der Waals surface area (Å²) in [5, 5.41) is 12.1. The number of nitrogens with one attached hydrogen (secondary N) is 1. The Kier molecular flexibility index (Phi) is 2.96. The van der Waals surface area contributed by atoms with Crippen LogP contribution in [-0.4, -0.2) is 34.0 Å². The fraction of sp³-hybridized carbons (Fsp3) is 0.400. The molecule has 0 saturated heterocycles. The number of nitrogens with zero attached hydrogens (tertiary/aromatic N) is 3. The highest BCUT2D eigenvalue weighted by atomic mass is 35.5. The molecule has 0 bridgehead atoms. The van der Waals surface area contributed by atoms with Crippen molar-refractivity contribution in [3.05, 3.63) is 11.0 Å². The molecule has 1 amide bonds. The molecule has 2 rings (SSSR count). The van der Waals surface area contributed by atoms with E-state index in [4.69, 9.17) is 11.6 Å². The molecule has 7 heteroatoms. The molecule has 17 heavy (non-hydrogen) atoms. The van der Waals surface area contributed by atoms with Crippen molar-refractivity contribution in [2.75, 3.05) is 11.9 Å². The predicted molar refractivity (Wildman–Crippen MR) is 62.6 cm³/mol. The number of imidazole rings is 1. The summed E-state index contributed by atoms with van der Waals surface area (Å²) in [6.45, 7) is 1.99.